The first kappa shape index (κ1) is 14.9. The Morgan fingerprint density at radius 1 is 1.30 bits per heavy atom. The SMILES string of the molecule is COc1ccc(CC(C)N)c(OCCc2ccsc2)c1. The lowest BCUT2D eigenvalue weighted by molar-refractivity contribution is 0.315. The lowest BCUT2D eigenvalue weighted by atomic mass is 10.1. The molecule has 2 rings (SSSR count). The fourth-order valence-corrected chi connectivity index (χ4v) is 2.73. The minimum Gasteiger partial charge on any atom is -0.497 e. The van der Waals surface area contributed by atoms with Gasteiger partial charge in [0.15, 0.2) is 0 Å². The van der Waals surface area contributed by atoms with E-state index in [1.54, 1.807) is 18.4 Å². The maximum atomic E-state index is 5.92. The molecule has 0 spiro atoms. The minimum absolute atomic E-state index is 0.114. The molecule has 108 valence electrons. The highest BCUT2D eigenvalue weighted by molar-refractivity contribution is 7.07. The van der Waals surface area contributed by atoms with Crippen molar-refractivity contribution in [2.24, 2.45) is 5.73 Å². The molecule has 4 heteroatoms. The molecule has 3 nitrogen and oxygen atoms in total. The topological polar surface area (TPSA) is 44.5 Å². The molecular weight excluding hydrogens is 270 g/mol. The Morgan fingerprint density at radius 3 is 2.80 bits per heavy atom. The second-order valence-electron chi connectivity index (χ2n) is 4.89. The van der Waals surface area contributed by atoms with Crippen LogP contribution in [0.4, 0.5) is 0 Å². The summed E-state index contributed by atoms with van der Waals surface area (Å²) in [7, 11) is 1.66. The maximum absolute atomic E-state index is 5.92. The molecule has 1 unspecified atom stereocenters. The highest BCUT2D eigenvalue weighted by atomic mass is 32.1. The largest absolute Gasteiger partial charge is 0.497 e. The summed E-state index contributed by atoms with van der Waals surface area (Å²) >= 11 is 1.71. The standard InChI is InChI=1S/C16H21NO2S/c1-12(17)9-14-3-4-15(18-2)10-16(14)19-7-5-13-6-8-20-11-13/h3-4,6,8,10-12H,5,7,9,17H2,1-2H3. The highest BCUT2D eigenvalue weighted by Crippen LogP contribution is 2.26. The van der Waals surface area contributed by atoms with Gasteiger partial charge in [0.2, 0.25) is 0 Å². The van der Waals surface area contributed by atoms with Crippen molar-refractivity contribution < 1.29 is 9.47 Å². The number of methoxy groups -OCH3 is 1. The van der Waals surface area contributed by atoms with Crippen LogP contribution in [-0.4, -0.2) is 19.8 Å². The summed E-state index contributed by atoms with van der Waals surface area (Å²) in [6.07, 6.45) is 1.72. The zero-order valence-electron chi connectivity index (χ0n) is 12.0. The van der Waals surface area contributed by atoms with Crippen molar-refractivity contribution in [3.05, 3.63) is 46.2 Å². The molecule has 2 aromatic rings. The molecule has 1 atom stereocenters. The number of rotatable bonds is 7. The van der Waals surface area contributed by atoms with Gasteiger partial charge in [0.25, 0.3) is 0 Å². The summed E-state index contributed by atoms with van der Waals surface area (Å²) in [6.45, 7) is 2.66. The molecule has 1 aromatic heterocycles. The number of nitrogens with two attached hydrogens (primary N) is 1. The fraction of sp³-hybridized carbons (Fsp3) is 0.375. The molecule has 0 aliphatic carbocycles. The summed E-state index contributed by atoms with van der Waals surface area (Å²) < 4.78 is 11.2. The van der Waals surface area contributed by atoms with Crippen LogP contribution in [0, 0.1) is 0 Å². The van der Waals surface area contributed by atoms with E-state index in [2.05, 4.69) is 16.8 Å². The van der Waals surface area contributed by atoms with Crippen molar-refractivity contribution in [2.45, 2.75) is 25.8 Å². The van der Waals surface area contributed by atoms with E-state index in [1.807, 2.05) is 25.1 Å². The van der Waals surface area contributed by atoms with Crippen LogP contribution in [0.1, 0.15) is 18.1 Å². The number of hydrogen-bond acceptors (Lipinski definition) is 4. The van der Waals surface area contributed by atoms with Crippen LogP contribution < -0.4 is 15.2 Å². The van der Waals surface area contributed by atoms with Crippen molar-refractivity contribution in [1.29, 1.82) is 0 Å². The van der Waals surface area contributed by atoms with Gasteiger partial charge in [-0.1, -0.05) is 6.07 Å². The van der Waals surface area contributed by atoms with Gasteiger partial charge < -0.3 is 15.2 Å². The molecule has 0 saturated carbocycles. The van der Waals surface area contributed by atoms with Gasteiger partial charge in [-0.15, -0.1) is 0 Å². The van der Waals surface area contributed by atoms with Crippen LogP contribution in [0.15, 0.2) is 35.0 Å². The summed E-state index contributed by atoms with van der Waals surface area (Å²) in [5, 5.41) is 4.24. The molecule has 1 heterocycles. The number of thiophene rings is 1. The first-order valence-electron chi connectivity index (χ1n) is 6.75. The second kappa shape index (κ2) is 7.31. The first-order valence-corrected chi connectivity index (χ1v) is 7.69. The van der Waals surface area contributed by atoms with Crippen LogP contribution >= 0.6 is 11.3 Å². The third kappa shape index (κ3) is 4.25. The molecule has 0 saturated heterocycles. The van der Waals surface area contributed by atoms with Crippen molar-refractivity contribution in [2.75, 3.05) is 13.7 Å². The van der Waals surface area contributed by atoms with Gasteiger partial charge in [-0.2, -0.15) is 11.3 Å². The quantitative estimate of drug-likeness (QED) is 0.851. The molecule has 0 radical (unpaired) electrons. The Hall–Kier alpha value is -1.52. The Morgan fingerprint density at radius 2 is 2.15 bits per heavy atom. The number of hydrogen-bond donors (Lipinski definition) is 1. The van der Waals surface area contributed by atoms with Gasteiger partial charge in [0.1, 0.15) is 11.5 Å². The van der Waals surface area contributed by atoms with Gasteiger partial charge in [-0.3, -0.25) is 0 Å². The average molecular weight is 291 g/mol. The van der Waals surface area contributed by atoms with Crippen molar-refractivity contribution in [1.82, 2.24) is 0 Å². The Bertz CT molecular complexity index is 523. The van der Waals surface area contributed by atoms with E-state index in [0.717, 1.165) is 29.9 Å². The summed E-state index contributed by atoms with van der Waals surface area (Å²) in [4.78, 5) is 0. The third-order valence-corrected chi connectivity index (χ3v) is 3.78. The first-order chi connectivity index (χ1) is 9.69. The molecule has 0 aliphatic heterocycles. The smallest absolute Gasteiger partial charge is 0.126 e. The van der Waals surface area contributed by atoms with Crippen molar-refractivity contribution >= 4 is 11.3 Å². The number of ether oxygens (including phenoxy) is 2. The van der Waals surface area contributed by atoms with Crippen LogP contribution in [0.2, 0.25) is 0 Å². The monoisotopic (exact) mass is 291 g/mol. The normalized spacial score (nSPS) is 12.2. The van der Waals surface area contributed by atoms with E-state index in [0.29, 0.717) is 6.61 Å². The van der Waals surface area contributed by atoms with Crippen molar-refractivity contribution in [3.8, 4) is 11.5 Å². The summed E-state index contributed by atoms with van der Waals surface area (Å²) in [5.41, 5.74) is 8.33. The maximum Gasteiger partial charge on any atom is 0.126 e. The van der Waals surface area contributed by atoms with E-state index < -0.39 is 0 Å². The Balaban J connectivity index is 2.02. The van der Waals surface area contributed by atoms with E-state index in [4.69, 9.17) is 15.2 Å². The third-order valence-electron chi connectivity index (χ3n) is 3.04. The highest BCUT2D eigenvalue weighted by Gasteiger charge is 2.08. The molecule has 20 heavy (non-hydrogen) atoms. The van der Waals surface area contributed by atoms with Crippen LogP contribution in [-0.2, 0) is 12.8 Å². The van der Waals surface area contributed by atoms with Crippen LogP contribution in [0.25, 0.3) is 0 Å². The predicted molar refractivity (Wildman–Crippen MR) is 83.9 cm³/mol. The van der Waals surface area contributed by atoms with Gasteiger partial charge in [-0.25, -0.2) is 0 Å². The van der Waals surface area contributed by atoms with Crippen LogP contribution in [0.5, 0.6) is 11.5 Å². The van der Waals surface area contributed by atoms with Gasteiger partial charge >= 0.3 is 0 Å². The fourth-order valence-electron chi connectivity index (χ4n) is 2.03. The van der Waals surface area contributed by atoms with Gasteiger partial charge in [0, 0.05) is 18.5 Å². The molecule has 2 N–H and O–H groups in total. The van der Waals surface area contributed by atoms with Crippen LogP contribution in [0.3, 0.4) is 0 Å². The minimum atomic E-state index is 0.114. The summed E-state index contributed by atoms with van der Waals surface area (Å²) in [6, 6.07) is 8.15. The molecule has 0 bridgehead atoms. The van der Waals surface area contributed by atoms with Gasteiger partial charge in [0.05, 0.1) is 13.7 Å². The summed E-state index contributed by atoms with van der Waals surface area (Å²) in [5.74, 6) is 1.68. The van der Waals surface area contributed by atoms with Gasteiger partial charge in [-0.05, 0) is 47.4 Å². The lowest BCUT2D eigenvalue weighted by Crippen LogP contribution is -2.18. The van der Waals surface area contributed by atoms with E-state index in [-0.39, 0.29) is 6.04 Å². The molecular formula is C16H21NO2S. The zero-order chi connectivity index (χ0) is 14.4. The number of benzene rings is 1. The molecule has 0 aliphatic rings. The van der Waals surface area contributed by atoms with Crippen molar-refractivity contribution in [3.63, 3.8) is 0 Å². The Kier molecular flexibility index (Phi) is 5.44. The zero-order valence-corrected chi connectivity index (χ0v) is 12.8. The second-order valence-corrected chi connectivity index (χ2v) is 5.67. The van der Waals surface area contributed by atoms with E-state index >= 15 is 0 Å². The molecule has 0 amide bonds. The van der Waals surface area contributed by atoms with E-state index in [1.165, 1.54) is 5.56 Å². The predicted octanol–water partition coefficient (Wildman–Crippen LogP) is 3.27. The Labute approximate surface area is 124 Å². The lowest BCUT2D eigenvalue weighted by Gasteiger charge is -2.14. The average Bonchev–Trinajstić information content (AvgIpc) is 2.93. The molecule has 0 fully saturated rings. The van der Waals surface area contributed by atoms with E-state index in [9.17, 15) is 0 Å². The molecule has 1 aromatic carbocycles.